The molecular weight excluding hydrogens is 296 g/mol. The molecule has 1 fully saturated rings. The predicted octanol–water partition coefficient (Wildman–Crippen LogP) is 3.06. The van der Waals surface area contributed by atoms with Crippen LogP contribution in [0.1, 0.15) is 50.9 Å². The molecule has 0 spiro atoms. The van der Waals surface area contributed by atoms with E-state index in [0.29, 0.717) is 24.5 Å². The predicted molar refractivity (Wildman–Crippen MR) is 85.7 cm³/mol. The zero-order valence-electron chi connectivity index (χ0n) is 14.2. The van der Waals surface area contributed by atoms with E-state index in [1.54, 1.807) is 17.0 Å². The van der Waals surface area contributed by atoms with Crippen LogP contribution in [-0.2, 0) is 4.74 Å². The molecule has 0 bridgehead atoms. The fourth-order valence-corrected chi connectivity index (χ4v) is 2.31. The Morgan fingerprint density at radius 1 is 1.22 bits per heavy atom. The van der Waals surface area contributed by atoms with Gasteiger partial charge in [-0.1, -0.05) is 0 Å². The second-order valence-corrected chi connectivity index (χ2v) is 6.73. The highest BCUT2D eigenvalue weighted by Gasteiger charge is 2.27. The van der Waals surface area contributed by atoms with Crippen molar-refractivity contribution in [3.8, 4) is 5.88 Å². The van der Waals surface area contributed by atoms with Gasteiger partial charge in [0.1, 0.15) is 11.7 Å². The van der Waals surface area contributed by atoms with Gasteiger partial charge in [-0.05, 0) is 33.8 Å². The first kappa shape index (κ1) is 17.2. The van der Waals surface area contributed by atoms with Crippen LogP contribution in [0.3, 0.4) is 0 Å². The van der Waals surface area contributed by atoms with Crippen molar-refractivity contribution >= 4 is 11.9 Å². The highest BCUT2D eigenvalue weighted by atomic mass is 16.6. The van der Waals surface area contributed by atoms with Gasteiger partial charge >= 0.3 is 6.09 Å². The average Bonchev–Trinajstić information content (AvgIpc) is 2.46. The van der Waals surface area contributed by atoms with Crippen LogP contribution in [0.2, 0.25) is 0 Å². The lowest BCUT2D eigenvalue weighted by Gasteiger charge is -2.33. The van der Waals surface area contributed by atoms with E-state index in [-0.39, 0.29) is 18.0 Å². The fraction of sp³-hybridized carbons (Fsp3) is 0.588. The molecule has 0 radical (unpaired) electrons. The van der Waals surface area contributed by atoms with E-state index < -0.39 is 5.60 Å². The van der Waals surface area contributed by atoms with Crippen LogP contribution in [0, 0.1) is 0 Å². The molecule has 126 valence electrons. The number of carbonyl (C=O) groups excluding carboxylic acids is 2. The van der Waals surface area contributed by atoms with Crippen molar-refractivity contribution in [2.75, 3.05) is 13.1 Å². The van der Waals surface area contributed by atoms with Gasteiger partial charge in [-0.25, -0.2) is 9.78 Å². The number of aromatic nitrogens is 1. The Morgan fingerprint density at radius 2 is 1.87 bits per heavy atom. The number of ketones is 1. The van der Waals surface area contributed by atoms with Gasteiger partial charge in [0.05, 0.1) is 0 Å². The minimum absolute atomic E-state index is 0.0179. The standard InChI is InChI=1S/C17H24N2O4/c1-12(20)13-5-6-15(18-11-13)22-14-7-9-19(10-8-14)16(21)23-17(2,3)4/h5-6,11,14H,7-10H2,1-4H3. The van der Waals surface area contributed by atoms with Crippen molar-refractivity contribution < 1.29 is 19.1 Å². The molecule has 6 nitrogen and oxygen atoms in total. The molecule has 0 aliphatic carbocycles. The Hall–Kier alpha value is -2.11. The smallest absolute Gasteiger partial charge is 0.410 e. The molecule has 0 aromatic carbocycles. The lowest BCUT2D eigenvalue weighted by atomic mass is 10.1. The quantitative estimate of drug-likeness (QED) is 0.801. The molecular formula is C17H24N2O4. The number of piperidine rings is 1. The van der Waals surface area contributed by atoms with E-state index in [9.17, 15) is 9.59 Å². The zero-order chi connectivity index (χ0) is 17.0. The molecule has 1 aliphatic heterocycles. The molecule has 23 heavy (non-hydrogen) atoms. The largest absolute Gasteiger partial charge is 0.474 e. The third kappa shape index (κ3) is 5.23. The molecule has 2 rings (SSSR count). The van der Waals surface area contributed by atoms with E-state index >= 15 is 0 Å². The van der Waals surface area contributed by atoms with Crippen LogP contribution in [0.5, 0.6) is 5.88 Å². The zero-order valence-corrected chi connectivity index (χ0v) is 14.2. The number of carbonyl (C=O) groups is 2. The summed E-state index contributed by atoms with van der Waals surface area (Å²) in [5, 5.41) is 0. The molecule has 1 aromatic rings. The first-order valence-electron chi connectivity index (χ1n) is 7.86. The van der Waals surface area contributed by atoms with Crippen molar-refractivity contribution in [2.24, 2.45) is 0 Å². The number of ether oxygens (including phenoxy) is 2. The molecule has 2 heterocycles. The first-order valence-corrected chi connectivity index (χ1v) is 7.86. The lowest BCUT2D eigenvalue weighted by Crippen LogP contribution is -2.44. The number of amides is 1. The molecule has 0 saturated carbocycles. The fourth-order valence-electron chi connectivity index (χ4n) is 2.31. The monoisotopic (exact) mass is 320 g/mol. The minimum atomic E-state index is -0.479. The van der Waals surface area contributed by atoms with Gasteiger partial charge in [-0.2, -0.15) is 0 Å². The Morgan fingerprint density at radius 3 is 2.35 bits per heavy atom. The third-order valence-electron chi connectivity index (χ3n) is 3.52. The number of nitrogens with zero attached hydrogens (tertiary/aromatic N) is 2. The lowest BCUT2D eigenvalue weighted by molar-refractivity contribution is 0.0123. The van der Waals surface area contributed by atoms with E-state index in [0.717, 1.165) is 12.8 Å². The van der Waals surface area contributed by atoms with Gasteiger partial charge in [-0.3, -0.25) is 4.79 Å². The van der Waals surface area contributed by atoms with Crippen molar-refractivity contribution in [3.63, 3.8) is 0 Å². The Kier molecular flexibility index (Phi) is 5.23. The Bertz CT molecular complexity index is 555. The number of Topliss-reactive ketones (excluding diaryl/α,β-unsaturated/α-hetero) is 1. The Labute approximate surface area is 136 Å². The second kappa shape index (κ2) is 6.98. The maximum Gasteiger partial charge on any atom is 0.410 e. The molecule has 1 amide bonds. The summed E-state index contributed by atoms with van der Waals surface area (Å²) in [4.78, 5) is 29.1. The topological polar surface area (TPSA) is 68.7 Å². The number of rotatable bonds is 3. The minimum Gasteiger partial charge on any atom is -0.474 e. The molecule has 0 N–H and O–H groups in total. The summed E-state index contributed by atoms with van der Waals surface area (Å²) in [7, 11) is 0. The van der Waals surface area contributed by atoms with E-state index in [4.69, 9.17) is 9.47 Å². The highest BCUT2D eigenvalue weighted by Crippen LogP contribution is 2.19. The van der Waals surface area contributed by atoms with Gasteiger partial charge < -0.3 is 14.4 Å². The van der Waals surface area contributed by atoms with E-state index in [1.807, 2.05) is 20.8 Å². The summed E-state index contributed by atoms with van der Waals surface area (Å²) in [6.45, 7) is 8.28. The molecule has 1 aromatic heterocycles. The highest BCUT2D eigenvalue weighted by molar-refractivity contribution is 5.93. The van der Waals surface area contributed by atoms with Crippen molar-refractivity contribution in [3.05, 3.63) is 23.9 Å². The summed E-state index contributed by atoms with van der Waals surface area (Å²) in [6.07, 6.45) is 2.72. The molecule has 1 saturated heterocycles. The van der Waals surface area contributed by atoms with E-state index in [2.05, 4.69) is 4.98 Å². The van der Waals surface area contributed by atoms with Crippen LogP contribution in [0.25, 0.3) is 0 Å². The van der Waals surface area contributed by atoms with Crippen molar-refractivity contribution in [2.45, 2.75) is 52.2 Å². The summed E-state index contributed by atoms with van der Waals surface area (Å²) in [5.74, 6) is 0.487. The number of hydrogen-bond donors (Lipinski definition) is 0. The third-order valence-corrected chi connectivity index (χ3v) is 3.52. The van der Waals surface area contributed by atoms with Gasteiger partial charge in [-0.15, -0.1) is 0 Å². The summed E-state index contributed by atoms with van der Waals surface area (Å²) >= 11 is 0. The summed E-state index contributed by atoms with van der Waals surface area (Å²) in [5.41, 5.74) is 0.0874. The van der Waals surface area contributed by atoms with Crippen LogP contribution < -0.4 is 4.74 Å². The summed E-state index contributed by atoms with van der Waals surface area (Å²) in [6, 6.07) is 3.41. The maximum atomic E-state index is 12.0. The first-order chi connectivity index (χ1) is 10.7. The van der Waals surface area contributed by atoms with Crippen molar-refractivity contribution in [1.82, 2.24) is 9.88 Å². The van der Waals surface area contributed by atoms with Crippen LogP contribution in [0.15, 0.2) is 18.3 Å². The second-order valence-electron chi connectivity index (χ2n) is 6.73. The molecule has 6 heteroatoms. The average molecular weight is 320 g/mol. The Balaban J connectivity index is 1.82. The maximum absolute atomic E-state index is 12.0. The van der Waals surface area contributed by atoms with Crippen LogP contribution in [0.4, 0.5) is 4.79 Å². The molecule has 0 unspecified atom stereocenters. The van der Waals surface area contributed by atoms with Gasteiger partial charge in [0.15, 0.2) is 5.78 Å². The van der Waals surface area contributed by atoms with Gasteiger partial charge in [0.2, 0.25) is 5.88 Å². The van der Waals surface area contributed by atoms with Gasteiger partial charge in [0, 0.05) is 43.8 Å². The van der Waals surface area contributed by atoms with Crippen LogP contribution in [-0.4, -0.2) is 46.6 Å². The SMILES string of the molecule is CC(=O)c1ccc(OC2CCN(C(=O)OC(C)(C)C)CC2)nc1. The number of likely N-dealkylation sites (tertiary alicyclic amines) is 1. The molecule has 0 atom stereocenters. The van der Waals surface area contributed by atoms with Crippen LogP contribution >= 0.6 is 0 Å². The van der Waals surface area contributed by atoms with Crippen molar-refractivity contribution in [1.29, 1.82) is 0 Å². The van der Waals surface area contributed by atoms with Gasteiger partial charge in [0.25, 0.3) is 0 Å². The molecule has 1 aliphatic rings. The summed E-state index contributed by atoms with van der Waals surface area (Å²) < 4.78 is 11.2. The number of pyridine rings is 1. The number of hydrogen-bond acceptors (Lipinski definition) is 5. The van der Waals surface area contributed by atoms with E-state index in [1.165, 1.54) is 13.1 Å². The normalized spacial score (nSPS) is 16.1.